The molecule has 0 fully saturated rings. The highest BCUT2D eigenvalue weighted by Crippen LogP contribution is 1.96. The molecular weight excluding hydrogens is 218 g/mol. The van der Waals surface area contributed by atoms with E-state index in [4.69, 9.17) is 10.5 Å². The molecule has 0 aromatic carbocycles. The normalized spacial score (nSPS) is 12.4. The summed E-state index contributed by atoms with van der Waals surface area (Å²) in [6.07, 6.45) is 4.09. The fourth-order valence-electron chi connectivity index (χ4n) is 1.57. The van der Waals surface area contributed by atoms with E-state index in [0.29, 0.717) is 26.1 Å². The first-order valence-corrected chi connectivity index (χ1v) is 5.95. The quantitative estimate of drug-likeness (QED) is 0.688. The summed E-state index contributed by atoms with van der Waals surface area (Å²) in [6, 6.07) is 3.92. The van der Waals surface area contributed by atoms with Gasteiger partial charge < -0.3 is 20.4 Å². The predicted molar refractivity (Wildman–Crippen MR) is 66.5 cm³/mol. The second-order valence-corrected chi connectivity index (χ2v) is 3.79. The van der Waals surface area contributed by atoms with E-state index in [0.717, 1.165) is 6.54 Å². The van der Waals surface area contributed by atoms with Crippen LogP contribution in [0.5, 0.6) is 0 Å². The van der Waals surface area contributed by atoms with Crippen molar-refractivity contribution in [3.8, 4) is 0 Å². The van der Waals surface area contributed by atoms with E-state index in [9.17, 15) is 4.79 Å². The van der Waals surface area contributed by atoms with Crippen molar-refractivity contribution in [2.24, 2.45) is 5.73 Å². The highest BCUT2D eigenvalue weighted by atomic mass is 16.5. The highest BCUT2D eigenvalue weighted by molar-refractivity contribution is 5.76. The molecule has 17 heavy (non-hydrogen) atoms. The van der Waals surface area contributed by atoms with Crippen molar-refractivity contribution in [3.63, 3.8) is 0 Å². The van der Waals surface area contributed by atoms with Crippen molar-refractivity contribution in [1.82, 2.24) is 9.88 Å². The molecular formula is C12H21N3O2. The first-order valence-electron chi connectivity index (χ1n) is 5.95. The number of carbonyl (C=O) groups is 1. The number of hydrogen-bond donors (Lipinski definition) is 2. The van der Waals surface area contributed by atoms with E-state index in [2.05, 4.69) is 5.32 Å². The molecule has 0 saturated heterocycles. The number of hydrogen-bond acceptors (Lipinski definition) is 3. The summed E-state index contributed by atoms with van der Waals surface area (Å²) < 4.78 is 7.34. The Morgan fingerprint density at radius 2 is 2.18 bits per heavy atom. The largest absolute Gasteiger partial charge is 0.377 e. The Morgan fingerprint density at radius 1 is 1.47 bits per heavy atom. The summed E-state index contributed by atoms with van der Waals surface area (Å²) in [5.74, 6) is -0.0129. The zero-order valence-corrected chi connectivity index (χ0v) is 10.3. The van der Waals surface area contributed by atoms with Gasteiger partial charge in [-0.15, -0.1) is 0 Å². The molecule has 1 heterocycles. The lowest BCUT2D eigenvalue weighted by atomic mass is 10.2. The van der Waals surface area contributed by atoms with Gasteiger partial charge in [0.25, 0.3) is 0 Å². The highest BCUT2D eigenvalue weighted by Gasteiger charge is 2.11. The lowest BCUT2D eigenvalue weighted by Gasteiger charge is -2.14. The number of nitrogens with zero attached hydrogens (tertiary/aromatic N) is 1. The van der Waals surface area contributed by atoms with Crippen molar-refractivity contribution in [1.29, 1.82) is 0 Å². The minimum absolute atomic E-state index is 0.0129. The van der Waals surface area contributed by atoms with E-state index in [-0.39, 0.29) is 12.0 Å². The smallest absolute Gasteiger partial charge is 0.222 e. The minimum atomic E-state index is -0.174. The number of nitrogens with one attached hydrogen (secondary N) is 1. The molecule has 0 radical (unpaired) electrons. The second-order valence-electron chi connectivity index (χ2n) is 3.79. The second kappa shape index (κ2) is 7.86. The Bertz CT molecular complexity index is 312. The van der Waals surface area contributed by atoms with Gasteiger partial charge >= 0.3 is 0 Å². The van der Waals surface area contributed by atoms with Crippen molar-refractivity contribution in [3.05, 3.63) is 24.5 Å². The average Bonchev–Trinajstić information content (AvgIpc) is 2.81. The maximum absolute atomic E-state index is 11.6. The number of nitrogens with two attached hydrogens (primary N) is 1. The van der Waals surface area contributed by atoms with Gasteiger partial charge in [0, 0.05) is 38.6 Å². The number of rotatable bonds is 8. The molecule has 1 aromatic rings. The van der Waals surface area contributed by atoms with Crippen LogP contribution < -0.4 is 11.1 Å². The third kappa shape index (κ3) is 5.51. The van der Waals surface area contributed by atoms with Gasteiger partial charge in [-0.25, -0.2) is 0 Å². The zero-order valence-electron chi connectivity index (χ0n) is 10.3. The first kappa shape index (κ1) is 13.7. The van der Waals surface area contributed by atoms with Gasteiger partial charge in [-0.2, -0.15) is 0 Å². The van der Waals surface area contributed by atoms with Crippen LogP contribution >= 0.6 is 0 Å². The Labute approximate surface area is 102 Å². The summed E-state index contributed by atoms with van der Waals surface area (Å²) >= 11 is 0. The predicted octanol–water partition coefficient (Wildman–Crippen LogP) is 0.358. The van der Waals surface area contributed by atoms with E-state index in [1.165, 1.54) is 0 Å². The molecule has 3 N–H and O–H groups in total. The summed E-state index contributed by atoms with van der Waals surface area (Å²) in [5.41, 5.74) is 5.50. The molecule has 1 aromatic heterocycles. The molecule has 5 heteroatoms. The molecule has 1 atom stereocenters. The average molecular weight is 239 g/mol. The molecule has 5 nitrogen and oxygen atoms in total. The van der Waals surface area contributed by atoms with Crippen molar-refractivity contribution >= 4 is 5.91 Å². The number of amides is 1. The Kier molecular flexibility index (Phi) is 6.35. The molecule has 0 bridgehead atoms. The van der Waals surface area contributed by atoms with Crippen LogP contribution in [-0.4, -0.2) is 36.3 Å². The van der Waals surface area contributed by atoms with Crippen molar-refractivity contribution in [2.45, 2.75) is 26.0 Å². The zero-order chi connectivity index (χ0) is 12.5. The van der Waals surface area contributed by atoms with E-state index in [1.54, 1.807) is 0 Å². The molecule has 0 aliphatic heterocycles. The molecule has 1 unspecified atom stereocenters. The van der Waals surface area contributed by atoms with Crippen LogP contribution in [0.4, 0.5) is 0 Å². The number of carbonyl (C=O) groups excluding carboxylic acids is 1. The fraction of sp³-hybridized carbons (Fsp3) is 0.583. The number of aromatic nitrogens is 1. The van der Waals surface area contributed by atoms with Crippen LogP contribution in [0.15, 0.2) is 24.5 Å². The van der Waals surface area contributed by atoms with Crippen LogP contribution in [0.2, 0.25) is 0 Å². The van der Waals surface area contributed by atoms with Crippen LogP contribution in [0.25, 0.3) is 0 Å². The van der Waals surface area contributed by atoms with Gasteiger partial charge in [0.15, 0.2) is 0 Å². The fourth-order valence-corrected chi connectivity index (χ4v) is 1.57. The summed E-state index contributed by atoms with van der Waals surface area (Å²) in [7, 11) is 0. The molecule has 1 rings (SSSR count). The first-order chi connectivity index (χ1) is 8.26. The van der Waals surface area contributed by atoms with E-state index >= 15 is 0 Å². The van der Waals surface area contributed by atoms with Gasteiger partial charge in [0.1, 0.15) is 0 Å². The lowest BCUT2D eigenvalue weighted by Crippen LogP contribution is -2.34. The summed E-state index contributed by atoms with van der Waals surface area (Å²) in [4.78, 5) is 11.6. The topological polar surface area (TPSA) is 69.3 Å². The van der Waals surface area contributed by atoms with Gasteiger partial charge in [-0.05, 0) is 19.1 Å². The Morgan fingerprint density at radius 3 is 2.76 bits per heavy atom. The van der Waals surface area contributed by atoms with Gasteiger partial charge in [-0.3, -0.25) is 4.79 Å². The summed E-state index contributed by atoms with van der Waals surface area (Å²) in [5, 5.41) is 2.85. The maximum Gasteiger partial charge on any atom is 0.222 e. The molecule has 0 aliphatic carbocycles. The SMILES string of the molecule is CCOC(CN)CC(=O)NCCn1cccc1. The molecule has 0 saturated carbocycles. The van der Waals surface area contributed by atoms with Crippen LogP contribution in [-0.2, 0) is 16.1 Å². The van der Waals surface area contributed by atoms with Gasteiger partial charge in [-0.1, -0.05) is 0 Å². The lowest BCUT2D eigenvalue weighted by molar-refractivity contribution is -0.123. The van der Waals surface area contributed by atoms with Crippen LogP contribution in [0.3, 0.4) is 0 Å². The maximum atomic E-state index is 11.6. The third-order valence-corrected chi connectivity index (χ3v) is 2.44. The molecule has 0 aliphatic rings. The minimum Gasteiger partial charge on any atom is -0.377 e. The summed E-state index contributed by atoms with van der Waals surface area (Å²) in [6.45, 7) is 4.25. The monoisotopic (exact) mass is 239 g/mol. The Hall–Kier alpha value is -1.33. The van der Waals surface area contributed by atoms with E-state index < -0.39 is 0 Å². The molecule has 0 spiro atoms. The van der Waals surface area contributed by atoms with Gasteiger partial charge in [0.2, 0.25) is 5.91 Å². The third-order valence-electron chi connectivity index (χ3n) is 2.44. The molecule has 1 amide bonds. The van der Waals surface area contributed by atoms with Crippen LogP contribution in [0, 0.1) is 0 Å². The standard InChI is InChI=1S/C12H21N3O2/c1-2-17-11(10-13)9-12(16)14-5-8-15-6-3-4-7-15/h3-4,6-7,11H,2,5,8-10,13H2,1H3,(H,14,16). The van der Waals surface area contributed by atoms with Gasteiger partial charge in [0.05, 0.1) is 12.5 Å². The Balaban J connectivity index is 2.16. The van der Waals surface area contributed by atoms with Crippen LogP contribution in [0.1, 0.15) is 13.3 Å². The van der Waals surface area contributed by atoms with Crippen molar-refractivity contribution < 1.29 is 9.53 Å². The molecule has 96 valence electrons. The van der Waals surface area contributed by atoms with Crippen molar-refractivity contribution in [2.75, 3.05) is 19.7 Å². The number of ether oxygens (including phenoxy) is 1. The van der Waals surface area contributed by atoms with E-state index in [1.807, 2.05) is 36.0 Å².